The van der Waals surface area contributed by atoms with E-state index in [4.69, 9.17) is 18.0 Å². The first-order valence-corrected chi connectivity index (χ1v) is 5.99. The smallest absolute Gasteiger partial charge is 0.389 e. The van der Waals surface area contributed by atoms with Crippen molar-refractivity contribution in [2.24, 2.45) is 5.73 Å². The molecule has 0 fully saturated rings. The summed E-state index contributed by atoms with van der Waals surface area (Å²) in [6.45, 7) is 0.114. The topological polar surface area (TPSA) is 64.3 Å². The lowest BCUT2D eigenvalue weighted by molar-refractivity contribution is -0.213. The molecule has 0 heterocycles. The molecule has 4 nitrogen and oxygen atoms in total. The summed E-state index contributed by atoms with van der Waals surface area (Å²) in [5.74, 6) is -0.718. The van der Waals surface area contributed by atoms with Crippen LogP contribution in [0.2, 0.25) is 0 Å². The van der Waals surface area contributed by atoms with Gasteiger partial charge in [0.25, 0.3) is 0 Å². The molecule has 1 amide bonds. The van der Waals surface area contributed by atoms with Gasteiger partial charge in [0.1, 0.15) is 11.6 Å². The molecule has 8 heteroatoms. The van der Waals surface area contributed by atoms with Crippen molar-refractivity contribution in [2.45, 2.75) is 19.2 Å². The van der Waals surface area contributed by atoms with Crippen molar-refractivity contribution in [1.29, 1.82) is 0 Å². The molecule has 0 spiro atoms. The summed E-state index contributed by atoms with van der Waals surface area (Å²) in [5, 5.41) is 2.40. The lowest BCUT2D eigenvalue weighted by Gasteiger charge is -2.16. The molecule has 0 saturated heterocycles. The number of carbonyl (C=O) groups excluding carboxylic acids is 1. The maximum Gasteiger partial charge on any atom is 0.414 e. The number of amides is 1. The Morgan fingerprint density at radius 3 is 2.60 bits per heavy atom. The van der Waals surface area contributed by atoms with Gasteiger partial charge in [0.2, 0.25) is 5.91 Å². The third kappa shape index (κ3) is 4.78. The van der Waals surface area contributed by atoms with E-state index in [1.807, 2.05) is 0 Å². The Morgan fingerprint density at radius 1 is 1.45 bits per heavy atom. The van der Waals surface area contributed by atoms with Gasteiger partial charge in [-0.05, 0) is 19.1 Å². The Kier molecular flexibility index (Phi) is 5.46. The number of hydrogen-bond acceptors (Lipinski definition) is 3. The molecule has 1 atom stereocenters. The van der Waals surface area contributed by atoms with E-state index in [1.54, 1.807) is 24.3 Å². The molecule has 1 aromatic carbocycles. The van der Waals surface area contributed by atoms with Crippen LogP contribution in [0.3, 0.4) is 0 Å². The molecule has 0 aliphatic rings. The molecular weight excluding hydrogens is 293 g/mol. The summed E-state index contributed by atoms with van der Waals surface area (Å²) >= 11 is 4.80. The first-order valence-electron chi connectivity index (χ1n) is 5.59. The quantitative estimate of drug-likeness (QED) is 0.819. The Labute approximate surface area is 119 Å². The van der Waals surface area contributed by atoms with Gasteiger partial charge in [0, 0.05) is 5.56 Å². The van der Waals surface area contributed by atoms with Gasteiger partial charge in [-0.25, -0.2) is 0 Å². The maximum absolute atomic E-state index is 12.2. The van der Waals surface area contributed by atoms with Crippen LogP contribution in [0.5, 0.6) is 0 Å². The van der Waals surface area contributed by atoms with Crippen LogP contribution in [-0.2, 0) is 9.53 Å². The number of benzene rings is 1. The van der Waals surface area contributed by atoms with Crippen LogP contribution in [-0.4, -0.2) is 29.8 Å². The van der Waals surface area contributed by atoms with Crippen molar-refractivity contribution < 1.29 is 22.7 Å². The SMILES string of the molecule is CC(OCC(=O)Nc1ccccc1C(N)=S)C(F)(F)F. The zero-order valence-corrected chi connectivity index (χ0v) is 11.3. The van der Waals surface area contributed by atoms with Crippen LogP contribution in [0.1, 0.15) is 12.5 Å². The van der Waals surface area contributed by atoms with E-state index >= 15 is 0 Å². The van der Waals surface area contributed by atoms with E-state index in [0.717, 1.165) is 6.92 Å². The Morgan fingerprint density at radius 2 is 2.05 bits per heavy atom. The van der Waals surface area contributed by atoms with E-state index in [2.05, 4.69) is 10.1 Å². The number of rotatable bonds is 5. The number of anilines is 1. The monoisotopic (exact) mass is 306 g/mol. The fourth-order valence-electron chi connectivity index (χ4n) is 1.29. The Bertz CT molecular complexity index is 506. The Hall–Kier alpha value is -1.67. The zero-order chi connectivity index (χ0) is 15.3. The van der Waals surface area contributed by atoms with Crippen LogP contribution < -0.4 is 11.1 Å². The molecule has 0 radical (unpaired) electrons. The molecule has 3 N–H and O–H groups in total. The van der Waals surface area contributed by atoms with Gasteiger partial charge < -0.3 is 15.8 Å². The van der Waals surface area contributed by atoms with Gasteiger partial charge in [-0.1, -0.05) is 24.4 Å². The van der Waals surface area contributed by atoms with Gasteiger partial charge in [-0.2, -0.15) is 13.2 Å². The van der Waals surface area contributed by atoms with Crippen LogP contribution in [0, 0.1) is 0 Å². The van der Waals surface area contributed by atoms with E-state index in [9.17, 15) is 18.0 Å². The average Bonchev–Trinajstić information content (AvgIpc) is 2.35. The molecule has 0 saturated carbocycles. The van der Waals surface area contributed by atoms with Crippen LogP contribution in [0.15, 0.2) is 24.3 Å². The highest BCUT2D eigenvalue weighted by Gasteiger charge is 2.37. The van der Waals surface area contributed by atoms with Crippen molar-refractivity contribution in [3.8, 4) is 0 Å². The molecule has 110 valence electrons. The number of nitrogens with one attached hydrogen (secondary N) is 1. The third-order valence-corrected chi connectivity index (χ3v) is 2.61. The molecule has 0 aliphatic heterocycles. The number of hydrogen-bond donors (Lipinski definition) is 2. The molecule has 1 aromatic rings. The van der Waals surface area contributed by atoms with Gasteiger partial charge in [-0.3, -0.25) is 4.79 Å². The van der Waals surface area contributed by atoms with Crippen LogP contribution in [0.4, 0.5) is 18.9 Å². The molecular formula is C12H13F3N2O2S. The average molecular weight is 306 g/mol. The van der Waals surface area contributed by atoms with Crippen LogP contribution in [0.25, 0.3) is 0 Å². The molecule has 20 heavy (non-hydrogen) atoms. The maximum atomic E-state index is 12.2. The zero-order valence-electron chi connectivity index (χ0n) is 10.5. The second-order valence-electron chi connectivity index (χ2n) is 3.95. The fraction of sp³-hybridized carbons (Fsp3) is 0.333. The van der Waals surface area contributed by atoms with Crippen molar-refractivity contribution in [3.63, 3.8) is 0 Å². The largest absolute Gasteiger partial charge is 0.414 e. The summed E-state index contributed by atoms with van der Waals surface area (Å²) in [6.07, 6.45) is -6.52. The van der Waals surface area contributed by atoms with Crippen LogP contribution >= 0.6 is 12.2 Å². The molecule has 0 bridgehead atoms. The van der Waals surface area contributed by atoms with Gasteiger partial charge in [0.15, 0.2) is 6.10 Å². The lowest BCUT2D eigenvalue weighted by atomic mass is 10.2. The summed E-state index contributed by atoms with van der Waals surface area (Å²) < 4.78 is 41.1. The summed E-state index contributed by atoms with van der Waals surface area (Å²) in [7, 11) is 0. The van der Waals surface area contributed by atoms with E-state index in [1.165, 1.54) is 0 Å². The highest BCUT2D eigenvalue weighted by Crippen LogP contribution is 2.22. The summed E-state index contributed by atoms with van der Waals surface area (Å²) in [4.78, 5) is 11.6. The number of ether oxygens (including phenoxy) is 1. The highest BCUT2D eigenvalue weighted by molar-refractivity contribution is 7.80. The number of thiocarbonyl (C=S) groups is 1. The van der Waals surface area contributed by atoms with Gasteiger partial charge >= 0.3 is 6.18 Å². The summed E-state index contributed by atoms with van der Waals surface area (Å²) in [5.41, 5.74) is 6.23. The van der Waals surface area contributed by atoms with E-state index < -0.39 is 24.8 Å². The Balaban J connectivity index is 2.62. The predicted octanol–water partition coefficient (Wildman–Crippen LogP) is 2.23. The molecule has 1 rings (SSSR count). The molecule has 1 unspecified atom stereocenters. The second kappa shape index (κ2) is 6.67. The van der Waals surface area contributed by atoms with E-state index in [-0.39, 0.29) is 4.99 Å². The van der Waals surface area contributed by atoms with Crippen molar-refractivity contribution >= 4 is 28.8 Å². The summed E-state index contributed by atoms with van der Waals surface area (Å²) in [6, 6.07) is 6.44. The molecule has 0 aromatic heterocycles. The van der Waals surface area contributed by atoms with Crippen molar-refractivity contribution in [2.75, 3.05) is 11.9 Å². The minimum atomic E-state index is -4.50. The van der Waals surface area contributed by atoms with E-state index in [0.29, 0.717) is 11.3 Å². The lowest BCUT2D eigenvalue weighted by Crippen LogP contribution is -2.32. The number of halogens is 3. The predicted molar refractivity (Wildman–Crippen MR) is 72.4 cm³/mol. The standard InChI is InChI=1S/C12H13F3N2O2S/c1-7(12(13,14)15)19-6-10(18)17-9-5-3-2-4-8(9)11(16)20/h2-5,7H,6H2,1H3,(H2,16,20)(H,17,18). The number of carbonyl (C=O) groups is 1. The van der Waals surface area contributed by atoms with Crippen molar-refractivity contribution in [1.82, 2.24) is 0 Å². The fourth-order valence-corrected chi connectivity index (χ4v) is 1.47. The first kappa shape index (κ1) is 16.4. The minimum absolute atomic E-state index is 0.0745. The molecule has 0 aliphatic carbocycles. The second-order valence-corrected chi connectivity index (χ2v) is 4.39. The number of nitrogens with two attached hydrogens (primary N) is 1. The van der Waals surface area contributed by atoms with Crippen molar-refractivity contribution in [3.05, 3.63) is 29.8 Å². The van der Waals surface area contributed by atoms with Gasteiger partial charge in [-0.15, -0.1) is 0 Å². The number of para-hydroxylation sites is 1. The normalized spacial score (nSPS) is 12.8. The van der Waals surface area contributed by atoms with Gasteiger partial charge in [0.05, 0.1) is 5.69 Å². The first-order chi connectivity index (χ1) is 9.21. The third-order valence-electron chi connectivity index (χ3n) is 2.39. The minimum Gasteiger partial charge on any atom is -0.389 e. The highest BCUT2D eigenvalue weighted by atomic mass is 32.1. The number of alkyl halides is 3.